The molecule has 0 atom stereocenters. The summed E-state index contributed by atoms with van der Waals surface area (Å²) in [5, 5.41) is 11.7. The smallest absolute Gasteiger partial charge is 0.202 e. The van der Waals surface area contributed by atoms with Gasteiger partial charge in [0.15, 0.2) is 0 Å². The van der Waals surface area contributed by atoms with Crippen LogP contribution in [0.4, 0.5) is 5.13 Å². The van der Waals surface area contributed by atoms with Crippen molar-refractivity contribution in [2.75, 3.05) is 5.32 Å². The van der Waals surface area contributed by atoms with Crippen LogP contribution >= 0.6 is 11.5 Å². The Hall–Kier alpha value is -1.56. The molecule has 2 heterocycles. The van der Waals surface area contributed by atoms with Crippen molar-refractivity contribution in [2.45, 2.75) is 13.5 Å². The Bertz CT molecular complexity index is 399. The highest BCUT2D eigenvalue weighted by Gasteiger charge is 1.99. The molecule has 0 saturated carbocycles. The molecule has 0 aromatic carbocycles. The summed E-state index contributed by atoms with van der Waals surface area (Å²) in [6.45, 7) is 2.49. The Morgan fingerprint density at radius 1 is 1.50 bits per heavy atom. The van der Waals surface area contributed by atoms with E-state index in [-0.39, 0.29) is 0 Å². The molecule has 0 amide bonds. The van der Waals surface area contributed by atoms with Crippen LogP contribution in [0.2, 0.25) is 0 Å². The van der Waals surface area contributed by atoms with Gasteiger partial charge in [-0.05, 0) is 19.1 Å². The minimum atomic E-state index is 0.627. The molecular formula is C8H9N5S. The molecule has 0 saturated heterocycles. The van der Waals surface area contributed by atoms with Crippen molar-refractivity contribution in [1.82, 2.24) is 19.6 Å². The van der Waals surface area contributed by atoms with E-state index in [1.165, 1.54) is 11.5 Å². The first-order chi connectivity index (χ1) is 6.84. The average molecular weight is 207 g/mol. The fraction of sp³-hybridized carbons (Fsp3) is 0.250. The van der Waals surface area contributed by atoms with Crippen LogP contribution in [-0.4, -0.2) is 19.6 Å². The molecule has 0 spiro atoms. The second kappa shape index (κ2) is 4.10. The van der Waals surface area contributed by atoms with Crippen molar-refractivity contribution < 1.29 is 0 Å². The summed E-state index contributed by atoms with van der Waals surface area (Å²) < 4.78 is 4.06. The summed E-state index contributed by atoms with van der Waals surface area (Å²) >= 11 is 1.35. The van der Waals surface area contributed by atoms with E-state index in [2.05, 4.69) is 24.9 Å². The molecule has 0 aliphatic rings. The fourth-order valence-corrected chi connectivity index (χ4v) is 1.53. The maximum Gasteiger partial charge on any atom is 0.202 e. The van der Waals surface area contributed by atoms with Crippen LogP contribution in [0, 0.1) is 6.92 Å². The van der Waals surface area contributed by atoms with Crippen LogP contribution in [0.1, 0.15) is 11.5 Å². The highest BCUT2D eigenvalue weighted by molar-refractivity contribution is 7.09. The van der Waals surface area contributed by atoms with E-state index in [0.717, 1.165) is 16.6 Å². The molecule has 72 valence electrons. The molecule has 1 N–H and O–H groups in total. The molecule has 6 heteroatoms. The lowest BCUT2D eigenvalue weighted by molar-refractivity contribution is 0.922. The Labute approximate surface area is 85.4 Å². The normalized spacial score (nSPS) is 10.1. The molecule has 2 rings (SSSR count). The second-order valence-electron chi connectivity index (χ2n) is 2.72. The lowest BCUT2D eigenvalue weighted by Gasteiger charge is -1.98. The van der Waals surface area contributed by atoms with E-state index in [9.17, 15) is 0 Å². The predicted molar refractivity (Wildman–Crippen MR) is 54.0 cm³/mol. The Morgan fingerprint density at radius 3 is 3.07 bits per heavy atom. The van der Waals surface area contributed by atoms with Crippen LogP contribution in [0.3, 0.4) is 0 Å². The molecule has 2 aromatic rings. The summed E-state index contributed by atoms with van der Waals surface area (Å²) in [6.07, 6.45) is 1.65. The zero-order chi connectivity index (χ0) is 9.80. The molecule has 0 radical (unpaired) electrons. The lowest BCUT2D eigenvalue weighted by atomic mass is 10.4. The van der Waals surface area contributed by atoms with Crippen molar-refractivity contribution in [3.05, 3.63) is 29.8 Å². The van der Waals surface area contributed by atoms with Gasteiger partial charge in [-0.2, -0.15) is 14.6 Å². The largest absolute Gasteiger partial charge is 0.355 e. The van der Waals surface area contributed by atoms with Gasteiger partial charge in [0.25, 0.3) is 0 Å². The molecule has 5 nitrogen and oxygen atoms in total. The predicted octanol–water partition coefficient (Wildman–Crippen LogP) is 1.25. The van der Waals surface area contributed by atoms with Gasteiger partial charge in [0.05, 0.1) is 12.2 Å². The highest BCUT2D eigenvalue weighted by atomic mass is 32.1. The SMILES string of the molecule is Cc1nsc(NCc2cccnn2)n1. The maximum absolute atomic E-state index is 4.17. The van der Waals surface area contributed by atoms with Crippen LogP contribution in [0.5, 0.6) is 0 Å². The highest BCUT2D eigenvalue weighted by Crippen LogP contribution is 2.10. The van der Waals surface area contributed by atoms with Gasteiger partial charge in [0.1, 0.15) is 5.82 Å². The molecule has 2 aromatic heterocycles. The van der Waals surface area contributed by atoms with E-state index in [0.29, 0.717) is 6.54 Å². The number of aromatic nitrogens is 4. The summed E-state index contributed by atoms with van der Waals surface area (Å²) in [7, 11) is 0. The average Bonchev–Trinajstić information content (AvgIpc) is 2.63. The first-order valence-electron chi connectivity index (χ1n) is 4.15. The number of rotatable bonds is 3. The number of nitrogens with zero attached hydrogens (tertiary/aromatic N) is 4. The summed E-state index contributed by atoms with van der Waals surface area (Å²) in [4.78, 5) is 4.17. The van der Waals surface area contributed by atoms with Crippen molar-refractivity contribution in [3.8, 4) is 0 Å². The first kappa shape index (κ1) is 9.01. The van der Waals surface area contributed by atoms with Crippen LogP contribution < -0.4 is 5.32 Å². The molecule has 0 aliphatic heterocycles. The van der Waals surface area contributed by atoms with E-state index in [1.807, 2.05) is 19.1 Å². The molecule has 0 aliphatic carbocycles. The second-order valence-corrected chi connectivity index (χ2v) is 3.47. The number of aryl methyl sites for hydroxylation is 1. The standard InChI is InChI=1S/C8H9N5S/c1-6-11-8(14-13-6)9-5-7-3-2-4-10-12-7/h2-4H,5H2,1H3,(H,9,11,13). The van der Waals surface area contributed by atoms with Crippen molar-refractivity contribution in [2.24, 2.45) is 0 Å². The lowest BCUT2D eigenvalue weighted by Crippen LogP contribution is -2.01. The Morgan fingerprint density at radius 2 is 2.43 bits per heavy atom. The van der Waals surface area contributed by atoms with Crippen molar-refractivity contribution in [1.29, 1.82) is 0 Å². The van der Waals surface area contributed by atoms with E-state index >= 15 is 0 Å². The molecule has 14 heavy (non-hydrogen) atoms. The van der Waals surface area contributed by atoms with E-state index < -0.39 is 0 Å². The number of hydrogen-bond donors (Lipinski definition) is 1. The van der Waals surface area contributed by atoms with Gasteiger partial charge in [-0.3, -0.25) is 0 Å². The van der Waals surface area contributed by atoms with Crippen LogP contribution in [-0.2, 0) is 6.54 Å². The third-order valence-electron chi connectivity index (χ3n) is 1.58. The number of hydrogen-bond acceptors (Lipinski definition) is 6. The van der Waals surface area contributed by atoms with E-state index in [4.69, 9.17) is 0 Å². The Balaban J connectivity index is 1.95. The quantitative estimate of drug-likeness (QED) is 0.820. The third kappa shape index (κ3) is 2.23. The summed E-state index contributed by atoms with van der Waals surface area (Å²) in [5.41, 5.74) is 0.889. The van der Waals surface area contributed by atoms with Gasteiger partial charge >= 0.3 is 0 Å². The van der Waals surface area contributed by atoms with Crippen LogP contribution in [0.15, 0.2) is 18.3 Å². The zero-order valence-electron chi connectivity index (χ0n) is 7.64. The van der Waals surface area contributed by atoms with Gasteiger partial charge in [-0.1, -0.05) is 0 Å². The minimum absolute atomic E-state index is 0.627. The number of nitrogens with one attached hydrogen (secondary N) is 1. The molecule has 0 unspecified atom stereocenters. The summed E-state index contributed by atoms with van der Waals surface area (Å²) in [6, 6.07) is 3.77. The molecule has 0 fully saturated rings. The maximum atomic E-state index is 4.17. The minimum Gasteiger partial charge on any atom is -0.355 e. The van der Waals surface area contributed by atoms with E-state index in [1.54, 1.807) is 6.20 Å². The topological polar surface area (TPSA) is 63.6 Å². The Kier molecular flexibility index (Phi) is 2.64. The third-order valence-corrected chi connectivity index (χ3v) is 2.34. The van der Waals surface area contributed by atoms with Gasteiger partial charge < -0.3 is 5.32 Å². The molecular weight excluding hydrogens is 198 g/mol. The monoisotopic (exact) mass is 207 g/mol. The van der Waals surface area contributed by atoms with Gasteiger partial charge in [-0.25, -0.2) is 4.98 Å². The number of anilines is 1. The van der Waals surface area contributed by atoms with Gasteiger partial charge in [0.2, 0.25) is 5.13 Å². The van der Waals surface area contributed by atoms with Crippen LogP contribution in [0.25, 0.3) is 0 Å². The fourth-order valence-electron chi connectivity index (χ4n) is 0.963. The summed E-state index contributed by atoms with van der Waals surface area (Å²) in [5.74, 6) is 0.789. The van der Waals surface area contributed by atoms with Gasteiger partial charge in [-0.15, -0.1) is 0 Å². The van der Waals surface area contributed by atoms with Crippen molar-refractivity contribution in [3.63, 3.8) is 0 Å². The zero-order valence-corrected chi connectivity index (χ0v) is 8.45. The van der Waals surface area contributed by atoms with Gasteiger partial charge in [0, 0.05) is 17.7 Å². The van der Waals surface area contributed by atoms with Crippen molar-refractivity contribution >= 4 is 16.7 Å². The first-order valence-corrected chi connectivity index (χ1v) is 4.93. The molecule has 0 bridgehead atoms.